The SMILES string of the molecule is O=C(N[C@@H]1C[C@H]1c1ccc2ccccc2c1)N1CCC(F)(CO)C1. The van der Waals surface area contributed by atoms with Gasteiger partial charge in [-0.3, -0.25) is 0 Å². The highest BCUT2D eigenvalue weighted by molar-refractivity contribution is 5.83. The topological polar surface area (TPSA) is 52.6 Å². The molecule has 2 aliphatic rings. The van der Waals surface area contributed by atoms with E-state index < -0.39 is 12.3 Å². The molecule has 5 heteroatoms. The highest BCUT2D eigenvalue weighted by atomic mass is 19.1. The second-order valence-corrected chi connectivity index (χ2v) is 6.99. The van der Waals surface area contributed by atoms with Crippen LogP contribution in [0.25, 0.3) is 10.8 Å². The van der Waals surface area contributed by atoms with Gasteiger partial charge in [0.25, 0.3) is 0 Å². The smallest absolute Gasteiger partial charge is 0.317 e. The molecule has 1 saturated heterocycles. The highest BCUT2D eigenvalue weighted by Gasteiger charge is 2.43. The Hall–Kier alpha value is -2.14. The predicted molar refractivity (Wildman–Crippen MR) is 90.7 cm³/mol. The lowest BCUT2D eigenvalue weighted by Gasteiger charge is -2.19. The Kier molecular flexibility index (Phi) is 3.68. The molecule has 2 amide bonds. The number of urea groups is 1. The van der Waals surface area contributed by atoms with Crippen molar-refractivity contribution in [2.45, 2.75) is 30.5 Å². The fourth-order valence-electron chi connectivity index (χ4n) is 3.55. The van der Waals surface area contributed by atoms with Crippen molar-refractivity contribution in [1.29, 1.82) is 0 Å². The molecule has 0 aromatic heterocycles. The monoisotopic (exact) mass is 328 g/mol. The summed E-state index contributed by atoms with van der Waals surface area (Å²) in [6.45, 7) is -0.196. The van der Waals surface area contributed by atoms with Crippen molar-refractivity contribution in [3.05, 3.63) is 48.0 Å². The number of nitrogens with zero attached hydrogens (tertiary/aromatic N) is 1. The normalized spacial score (nSPS) is 29.0. The van der Waals surface area contributed by atoms with Gasteiger partial charge in [-0.1, -0.05) is 42.5 Å². The third-order valence-electron chi connectivity index (χ3n) is 5.18. The minimum Gasteiger partial charge on any atom is -0.393 e. The van der Waals surface area contributed by atoms with Crippen LogP contribution in [0.1, 0.15) is 24.3 Å². The van der Waals surface area contributed by atoms with Gasteiger partial charge < -0.3 is 15.3 Å². The second-order valence-electron chi connectivity index (χ2n) is 6.99. The first kappa shape index (κ1) is 15.4. The quantitative estimate of drug-likeness (QED) is 0.910. The number of amides is 2. The zero-order valence-corrected chi connectivity index (χ0v) is 13.4. The first-order valence-corrected chi connectivity index (χ1v) is 8.42. The number of nitrogens with one attached hydrogen (secondary N) is 1. The zero-order valence-electron chi connectivity index (χ0n) is 13.4. The number of aliphatic hydroxyl groups excluding tert-OH is 1. The maximum atomic E-state index is 14.0. The van der Waals surface area contributed by atoms with Gasteiger partial charge in [0.1, 0.15) is 0 Å². The average molecular weight is 328 g/mol. The molecular formula is C19H21FN2O2. The largest absolute Gasteiger partial charge is 0.393 e. The van der Waals surface area contributed by atoms with Crippen molar-refractivity contribution in [3.63, 3.8) is 0 Å². The number of hydrogen-bond acceptors (Lipinski definition) is 2. The Morgan fingerprint density at radius 1 is 1.29 bits per heavy atom. The van der Waals surface area contributed by atoms with Crippen LogP contribution in [0.15, 0.2) is 42.5 Å². The number of halogens is 1. The number of hydrogen-bond donors (Lipinski definition) is 2. The molecule has 126 valence electrons. The van der Waals surface area contributed by atoms with Gasteiger partial charge in [0, 0.05) is 24.9 Å². The van der Waals surface area contributed by atoms with Crippen molar-refractivity contribution in [1.82, 2.24) is 10.2 Å². The lowest BCUT2D eigenvalue weighted by Crippen LogP contribution is -2.42. The summed E-state index contributed by atoms with van der Waals surface area (Å²) in [6.07, 6.45) is 1.12. The molecule has 0 spiro atoms. The van der Waals surface area contributed by atoms with Crippen LogP contribution in [0.2, 0.25) is 0 Å². The van der Waals surface area contributed by atoms with E-state index in [1.165, 1.54) is 21.2 Å². The summed E-state index contributed by atoms with van der Waals surface area (Å²) >= 11 is 0. The Bertz CT molecular complexity index is 781. The van der Waals surface area contributed by atoms with Gasteiger partial charge in [-0.05, 0) is 22.8 Å². The number of aliphatic hydroxyl groups is 1. The van der Waals surface area contributed by atoms with Crippen LogP contribution < -0.4 is 5.32 Å². The fraction of sp³-hybridized carbons (Fsp3) is 0.421. The van der Waals surface area contributed by atoms with E-state index in [1.807, 2.05) is 12.1 Å². The van der Waals surface area contributed by atoms with Gasteiger partial charge in [0.2, 0.25) is 0 Å². The first-order valence-electron chi connectivity index (χ1n) is 8.42. The molecule has 1 saturated carbocycles. The summed E-state index contributed by atoms with van der Waals surface area (Å²) in [5.41, 5.74) is -0.408. The number of benzene rings is 2. The highest BCUT2D eigenvalue weighted by Crippen LogP contribution is 2.42. The van der Waals surface area contributed by atoms with Crippen LogP contribution >= 0.6 is 0 Å². The maximum Gasteiger partial charge on any atom is 0.317 e. The molecule has 2 fully saturated rings. The molecule has 0 bridgehead atoms. The van der Waals surface area contributed by atoms with Gasteiger partial charge in [-0.15, -0.1) is 0 Å². The Morgan fingerprint density at radius 3 is 2.83 bits per heavy atom. The molecule has 0 radical (unpaired) electrons. The van der Waals surface area contributed by atoms with E-state index in [9.17, 15) is 9.18 Å². The third-order valence-corrected chi connectivity index (χ3v) is 5.18. The van der Waals surface area contributed by atoms with Crippen molar-refractivity contribution in [2.75, 3.05) is 19.7 Å². The molecule has 1 heterocycles. The maximum absolute atomic E-state index is 14.0. The molecular weight excluding hydrogens is 307 g/mol. The first-order chi connectivity index (χ1) is 11.6. The molecule has 3 atom stereocenters. The van der Waals surface area contributed by atoms with Crippen LogP contribution in [0, 0.1) is 0 Å². The van der Waals surface area contributed by atoms with E-state index in [4.69, 9.17) is 5.11 Å². The van der Waals surface area contributed by atoms with Crippen molar-refractivity contribution < 1.29 is 14.3 Å². The van der Waals surface area contributed by atoms with Gasteiger partial charge in [0.05, 0.1) is 13.2 Å². The standard InChI is InChI=1S/C19H21FN2O2/c20-19(12-23)7-8-22(11-19)18(24)21-17-10-16(17)15-6-5-13-3-1-2-4-14(13)9-15/h1-6,9,16-17,23H,7-8,10-12H2,(H,21,24)/t16-,17+,19?/m0/s1. The van der Waals surface area contributed by atoms with Crippen molar-refractivity contribution >= 4 is 16.8 Å². The van der Waals surface area contributed by atoms with Crippen molar-refractivity contribution in [2.24, 2.45) is 0 Å². The summed E-state index contributed by atoms with van der Waals surface area (Å²) in [5, 5.41) is 14.5. The Balaban J connectivity index is 1.38. The van der Waals surface area contributed by atoms with Crippen LogP contribution in [0.4, 0.5) is 9.18 Å². The Labute approximate surface area is 140 Å². The summed E-state index contributed by atoms with van der Waals surface area (Å²) in [5.74, 6) is 0.328. The van der Waals surface area contributed by atoms with E-state index >= 15 is 0 Å². The number of alkyl halides is 1. The molecule has 1 aliphatic heterocycles. The van der Waals surface area contributed by atoms with Crippen LogP contribution in [-0.2, 0) is 0 Å². The molecule has 4 nitrogen and oxygen atoms in total. The van der Waals surface area contributed by atoms with E-state index in [1.54, 1.807) is 0 Å². The van der Waals surface area contributed by atoms with E-state index in [-0.39, 0.29) is 25.0 Å². The zero-order chi connectivity index (χ0) is 16.7. The molecule has 1 aliphatic carbocycles. The van der Waals surface area contributed by atoms with Crippen LogP contribution in [0.5, 0.6) is 0 Å². The number of likely N-dealkylation sites (tertiary alicyclic amines) is 1. The fourth-order valence-corrected chi connectivity index (χ4v) is 3.55. The molecule has 2 N–H and O–H groups in total. The average Bonchev–Trinajstić information content (AvgIpc) is 3.25. The minimum atomic E-state index is -1.64. The van der Waals surface area contributed by atoms with Gasteiger partial charge >= 0.3 is 6.03 Å². The summed E-state index contributed by atoms with van der Waals surface area (Å²) in [4.78, 5) is 13.7. The predicted octanol–water partition coefficient (Wildman–Crippen LogP) is 2.81. The van der Waals surface area contributed by atoms with Gasteiger partial charge in [0.15, 0.2) is 5.67 Å². The molecule has 24 heavy (non-hydrogen) atoms. The molecule has 4 rings (SSSR count). The second kappa shape index (κ2) is 5.74. The van der Waals surface area contributed by atoms with E-state index in [2.05, 4.69) is 35.6 Å². The molecule has 2 aromatic rings. The molecule has 1 unspecified atom stereocenters. The lowest BCUT2D eigenvalue weighted by atomic mass is 10.0. The van der Waals surface area contributed by atoms with Gasteiger partial charge in [-0.2, -0.15) is 0 Å². The number of carbonyl (C=O) groups excluding carboxylic acids is 1. The van der Waals surface area contributed by atoms with Crippen molar-refractivity contribution in [3.8, 4) is 0 Å². The third kappa shape index (κ3) is 2.84. The Morgan fingerprint density at radius 2 is 2.08 bits per heavy atom. The number of rotatable bonds is 3. The number of fused-ring (bicyclic) bond motifs is 1. The number of carbonyl (C=O) groups is 1. The minimum absolute atomic E-state index is 0.0251. The van der Waals surface area contributed by atoms with Crippen LogP contribution in [-0.4, -0.2) is 47.4 Å². The van der Waals surface area contributed by atoms with E-state index in [0.29, 0.717) is 12.5 Å². The summed E-state index contributed by atoms with van der Waals surface area (Å²) in [7, 11) is 0. The van der Waals surface area contributed by atoms with Crippen LogP contribution in [0.3, 0.4) is 0 Å². The summed E-state index contributed by atoms with van der Waals surface area (Å²) < 4.78 is 14.0. The molecule has 2 aromatic carbocycles. The van der Waals surface area contributed by atoms with Gasteiger partial charge in [-0.25, -0.2) is 9.18 Å². The summed E-state index contributed by atoms with van der Waals surface area (Å²) in [6, 6.07) is 14.5. The lowest BCUT2D eigenvalue weighted by molar-refractivity contribution is 0.0805. The van der Waals surface area contributed by atoms with E-state index in [0.717, 1.165) is 6.42 Å².